The fourth-order valence-corrected chi connectivity index (χ4v) is 0.491. The Balaban J connectivity index is 3.51. The van der Waals surface area contributed by atoms with Gasteiger partial charge in [0, 0.05) is 0 Å². The summed E-state index contributed by atoms with van der Waals surface area (Å²) in [5.74, 6) is 0.345. The van der Waals surface area contributed by atoms with Gasteiger partial charge in [0.2, 0.25) is 0 Å². The summed E-state index contributed by atoms with van der Waals surface area (Å²) >= 11 is 0. The maximum atomic E-state index is 8.84. The molecule has 0 aliphatic rings. The monoisotopic (exact) mass is 162 g/mol. The zero-order chi connectivity index (χ0) is 8.69. The van der Waals surface area contributed by atoms with Gasteiger partial charge >= 0.3 is 0 Å². The molecule has 0 aromatic rings. The van der Waals surface area contributed by atoms with E-state index in [1.54, 1.807) is 13.0 Å². The average Bonchev–Trinajstić information content (AvgIpc) is 2.06. The molecular formula is C7H14O4. The van der Waals surface area contributed by atoms with Gasteiger partial charge < -0.3 is 19.7 Å². The second-order valence-electron chi connectivity index (χ2n) is 1.96. The molecule has 0 bridgehead atoms. The van der Waals surface area contributed by atoms with Crippen molar-refractivity contribution in [3.05, 3.63) is 12.0 Å². The van der Waals surface area contributed by atoms with E-state index in [1.165, 1.54) is 7.11 Å². The van der Waals surface area contributed by atoms with E-state index < -0.39 is 6.10 Å². The molecule has 0 aromatic carbocycles. The van der Waals surface area contributed by atoms with E-state index in [-0.39, 0.29) is 13.2 Å². The van der Waals surface area contributed by atoms with E-state index in [2.05, 4.69) is 0 Å². The summed E-state index contributed by atoms with van der Waals surface area (Å²) in [5, 5.41) is 17.2. The van der Waals surface area contributed by atoms with Crippen molar-refractivity contribution in [2.75, 3.05) is 20.3 Å². The zero-order valence-electron chi connectivity index (χ0n) is 6.78. The normalized spacial score (nSPS) is 14.4. The SMILES string of the molecule is CC=C(OC)OCC(O)CO. The topological polar surface area (TPSA) is 58.9 Å². The lowest BCUT2D eigenvalue weighted by molar-refractivity contribution is -0.0119. The quantitative estimate of drug-likeness (QED) is 0.552. The van der Waals surface area contributed by atoms with Crippen LogP contribution >= 0.6 is 0 Å². The Morgan fingerprint density at radius 3 is 2.64 bits per heavy atom. The maximum Gasteiger partial charge on any atom is 0.274 e. The van der Waals surface area contributed by atoms with Crippen LogP contribution in [0.4, 0.5) is 0 Å². The van der Waals surface area contributed by atoms with Gasteiger partial charge in [0.05, 0.1) is 13.7 Å². The summed E-state index contributed by atoms with van der Waals surface area (Å²) in [7, 11) is 1.47. The molecule has 0 heterocycles. The largest absolute Gasteiger partial charge is 0.469 e. The first-order valence-corrected chi connectivity index (χ1v) is 3.36. The number of ether oxygens (including phenoxy) is 2. The molecule has 4 nitrogen and oxygen atoms in total. The van der Waals surface area contributed by atoms with Gasteiger partial charge in [-0.25, -0.2) is 0 Å². The maximum absolute atomic E-state index is 8.84. The van der Waals surface area contributed by atoms with Crippen LogP contribution in [0.3, 0.4) is 0 Å². The molecule has 0 aliphatic carbocycles. The van der Waals surface area contributed by atoms with Gasteiger partial charge in [-0.05, 0) is 13.0 Å². The Morgan fingerprint density at radius 1 is 1.64 bits per heavy atom. The fourth-order valence-electron chi connectivity index (χ4n) is 0.491. The molecule has 2 N–H and O–H groups in total. The van der Waals surface area contributed by atoms with Gasteiger partial charge in [-0.3, -0.25) is 0 Å². The first-order valence-electron chi connectivity index (χ1n) is 3.36. The molecule has 0 rings (SSSR count). The van der Waals surface area contributed by atoms with Crippen LogP contribution in [-0.2, 0) is 9.47 Å². The van der Waals surface area contributed by atoms with Crippen molar-refractivity contribution >= 4 is 0 Å². The summed E-state index contributed by atoms with van der Waals surface area (Å²) in [6.07, 6.45) is 0.782. The van der Waals surface area contributed by atoms with Gasteiger partial charge in [-0.2, -0.15) is 0 Å². The number of hydrogen-bond donors (Lipinski definition) is 2. The number of allylic oxidation sites excluding steroid dienone is 1. The number of aliphatic hydroxyl groups excluding tert-OH is 2. The highest BCUT2D eigenvalue weighted by Crippen LogP contribution is 1.98. The standard InChI is InChI=1S/C7H14O4/c1-3-7(10-2)11-5-6(9)4-8/h3,6,8-9H,4-5H2,1-2H3. The Morgan fingerprint density at radius 2 is 2.27 bits per heavy atom. The van der Waals surface area contributed by atoms with Gasteiger partial charge in [-0.1, -0.05) is 0 Å². The smallest absolute Gasteiger partial charge is 0.274 e. The second-order valence-corrected chi connectivity index (χ2v) is 1.96. The third kappa shape index (κ3) is 4.64. The van der Waals surface area contributed by atoms with E-state index in [9.17, 15) is 0 Å². The van der Waals surface area contributed by atoms with Crippen molar-refractivity contribution < 1.29 is 19.7 Å². The minimum atomic E-state index is -0.847. The van der Waals surface area contributed by atoms with Crippen LogP contribution in [0.5, 0.6) is 0 Å². The molecule has 1 atom stereocenters. The van der Waals surface area contributed by atoms with Gasteiger partial charge in [0.1, 0.15) is 12.7 Å². The first kappa shape index (κ1) is 10.3. The number of rotatable bonds is 5. The van der Waals surface area contributed by atoms with Crippen molar-refractivity contribution in [1.82, 2.24) is 0 Å². The third-order valence-electron chi connectivity index (χ3n) is 1.07. The van der Waals surface area contributed by atoms with E-state index >= 15 is 0 Å². The van der Waals surface area contributed by atoms with Gasteiger partial charge in [0.15, 0.2) is 0 Å². The van der Waals surface area contributed by atoms with Crippen LogP contribution in [0.15, 0.2) is 12.0 Å². The van der Waals surface area contributed by atoms with Crippen LogP contribution in [0.1, 0.15) is 6.92 Å². The Labute approximate surface area is 66.1 Å². The minimum absolute atomic E-state index is 0.0456. The van der Waals surface area contributed by atoms with Crippen molar-refractivity contribution in [2.45, 2.75) is 13.0 Å². The molecule has 0 fully saturated rings. The van der Waals surface area contributed by atoms with Crippen molar-refractivity contribution in [3.63, 3.8) is 0 Å². The van der Waals surface area contributed by atoms with E-state index in [0.29, 0.717) is 5.95 Å². The third-order valence-corrected chi connectivity index (χ3v) is 1.07. The predicted octanol–water partition coefficient (Wildman–Crippen LogP) is -0.136. The highest BCUT2D eigenvalue weighted by atomic mass is 16.7. The first-order chi connectivity index (χ1) is 5.24. The zero-order valence-corrected chi connectivity index (χ0v) is 6.78. The van der Waals surface area contributed by atoms with Crippen LogP contribution in [-0.4, -0.2) is 36.6 Å². The predicted molar refractivity (Wildman–Crippen MR) is 39.8 cm³/mol. The van der Waals surface area contributed by atoms with Crippen molar-refractivity contribution in [3.8, 4) is 0 Å². The van der Waals surface area contributed by atoms with Crippen LogP contribution in [0.25, 0.3) is 0 Å². The number of aliphatic hydroxyl groups is 2. The van der Waals surface area contributed by atoms with E-state index in [1.807, 2.05) is 0 Å². The molecule has 66 valence electrons. The minimum Gasteiger partial charge on any atom is -0.469 e. The molecule has 0 aromatic heterocycles. The van der Waals surface area contributed by atoms with Crippen LogP contribution in [0.2, 0.25) is 0 Å². The van der Waals surface area contributed by atoms with Crippen LogP contribution < -0.4 is 0 Å². The molecule has 0 radical (unpaired) electrons. The second kappa shape index (κ2) is 6.00. The average molecular weight is 162 g/mol. The molecule has 0 aliphatic heterocycles. The number of hydrogen-bond acceptors (Lipinski definition) is 4. The van der Waals surface area contributed by atoms with Crippen molar-refractivity contribution in [2.24, 2.45) is 0 Å². The lowest BCUT2D eigenvalue weighted by Crippen LogP contribution is -2.19. The highest BCUT2D eigenvalue weighted by Gasteiger charge is 2.03. The number of methoxy groups -OCH3 is 1. The molecule has 1 unspecified atom stereocenters. The molecule has 11 heavy (non-hydrogen) atoms. The lowest BCUT2D eigenvalue weighted by Gasteiger charge is -2.10. The Hall–Kier alpha value is -0.740. The molecule has 4 heteroatoms. The molecule has 0 saturated heterocycles. The molecule has 0 saturated carbocycles. The summed E-state index contributed by atoms with van der Waals surface area (Å²) in [6, 6.07) is 0. The van der Waals surface area contributed by atoms with E-state index in [4.69, 9.17) is 19.7 Å². The van der Waals surface area contributed by atoms with Crippen LogP contribution in [0, 0.1) is 0 Å². The summed E-state index contributed by atoms with van der Waals surface area (Å²) < 4.78 is 9.66. The Kier molecular flexibility index (Phi) is 5.60. The summed E-state index contributed by atoms with van der Waals surface area (Å²) in [5.41, 5.74) is 0. The van der Waals surface area contributed by atoms with Gasteiger partial charge in [0.25, 0.3) is 5.95 Å². The fraction of sp³-hybridized carbons (Fsp3) is 0.714. The summed E-state index contributed by atoms with van der Waals surface area (Å²) in [6.45, 7) is 1.49. The molecular weight excluding hydrogens is 148 g/mol. The van der Waals surface area contributed by atoms with E-state index in [0.717, 1.165) is 0 Å². The van der Waals surface area contributed by atoms with Crippen molar-refractivity contribution in [1.29, 1.82) is 0 Å². The summed E-state index contributed by atoms with van der Waals surface area (Å²) in [4.78, 5) is 0. The Bertz CT molecular complexity index is 122. The molecule has 0 amide bonds. The van der Waals surface area contributed by atoms with Gasteiger partial charge in [-0.15, -0.1) is 0 Å². The molecule has 0 spiro atoms. The lowest BCUT2D eigenvalue weighted by atomic mass is 10.4. The highest BCUT2D eigenvalue weighted by molar-refractivity contribution is 4.78.